The number of carbonyl (C=O) groups is 1. The van der Waals surface area contributed by atoms with Gasteiger partial charge in [-0.15, -0.1) is 11.3 Å². The predicted octanol–water partition coefficient (Wildman–Crippen LogP) is 5.75. The molecule has 1 aromatic heterocycles. The highest BCUT2D eigenvalue weighted by atomic mass is 35.5. The van der Waals surface area contributed by atoms with E-state index in [1.165, 1.54) is 24.5 Å². The van der Waals surface area contributed by atoms with E-state index in [1.807, 2.05) is 20.2 Å². The number of ether oxygens (including phenoxy) is 2. The Morgan fingerprint density at radius 3 is 2.70 bits per heavy atom. The number of hydrogen-bond acceptors (Lipinski definition) is 5. The lowest BCUT2D eigenvalue weighted by Gasteiger charge is -2.37. The monoisotopic (exact) mass is 454 g/mol. The number of rotatable bonds is 7. The Labute approximate surface area is 186 Å². The summed E-state index contributed by atoms with van der Waals surface area (Å²) in [6.07, 6.45) is 3.59. The maximum atomic E-state index is 13.7. The maximum Gasteiger partial charge on any atom is 0.412 e. The van der Waals surface area contributed by atoms with Crippen molar-refractivity contribution in [1.29, 1.82) is 0 Å². The first-order chi connectivity index (χ1) is 14.4. The Morgan fingerprint density at radius 2 is 2.07 bits per heavy atom. The van der Waals surface area contributed by atoms with Crippen molar-refractivity contribution >= 4 is 29.0 Å². The van der Waals surface area contributed by atoms with Crippen LogP contribution in [0.4, 0.5) is 9.18 Å². The molecule has 1 heterocycles. The maximum absolute atomic E-state index is 13.7. The second-order valence-electron chi connectivity index (χ2n) is 7.92. The lowest BCUT2D eigenvalue weighted by molar-refractivity contribution is 0.146. The number of nitrogens with one attached hydrogen (secondary N) is 1. The van der Waals surface area contributed by atoms with Gasteiger partial charge in [0.15, 0.2) is 11.5 Å². The molecule has 164 valence electrons. The summed E-state index contributed by atoms with van der Waals surface area (Å²) in [6.45, 7) is 0.568. The van der Waals surface area contributed by atoms with Crippen molar-refractivity contribution in [2.45, 2.75) is 31.7 Å². The molecule has 1 atom stereocenters. The number of halogens is 2. The van der Waals surface area contributed by atoms with Crippen LogP contribution in [0.25, 0.3) is 0 Å². The summed E-state index contributed by atoms with van der Waals surface area (Å²) < 4.78 is 24.6. The summed E-state index contributed by atoms with van der Waals surface area (Å²) in [4.78, 5) is 14.3. The zero-order valence-corrected chi connectivity index (χ0v) is 19.1. The highest BCUT2D eigenvalue weighted by Crippen LogP contribution is 2.41. The summed E-state index contributed by atoms with van der Waals surface area (Å²) in [5.74, 6) is 1.38. The van der Waals surface area contributed by atoms with E-state index in [1.54, 1.807) is 17.5 Å². The second-order valence-corrected chi connectivity index (χ2v) is 9.40. The van der Waals surface area contributed by atoms with Crippen molar-refractivity contribution in [2.75, 3.05) is 27.7 Å². The molecule has 5 nitrogen and oxygen atoms in total. The first kappa shape index (κ1) is 22.8. The van der Waals surface area contributed by atoms with Crippen LogP contribution in [0.5, 0.6) is 11.5 Å². The molecule has 1 fully saturated rings. The number of nitrogens with zero attached hydrogens (tertiary/aromatic N) is 1. The Hall–Kier alpha value is -1.83. The van der Waals surface area contributed by atoms with E-state index >= 15 is 0 Å². The summed E-state index contributed by atoms with van der Waals surface area (Å²) in [5.41, 5.74) is 1.02. The molecule has 1 unspecified atom stereocenters. The molecule has 0 bridgehead atoms. The fourth-order valence-electron chi connectivity index (χ4n) is 4.31. The van der Waals surface area contributed by atoms with Gasteiger partial charge in [-0.3, -0.25) is 0 Å². The van der Waals surface area contributed by atoms with Crippen LogP contribution in [0.1, 0.15) is 37.3 Å². The Kier molecular flexibility index (Phi) is 7.97. The molecule has 0 radical (unpaired) electrons. The molecular formula is C22H28ClFN2O3S. The van der Waals surface area contributed by atoms with Gasteiger partial charge in [-0.05, 0) is 69.3 Å². The highest BCUT2D eigenvalue weighted by molar-refractivity contribution is 7.15. The van der Waals surface area contributed by atoms with Crippen LogP contribution in [0.3, 0.4) is 0 Å². The highest BCUT2D eigenvalue weighted by Gasteiger charge is 2.30. The quantitative estimate of drug-likeness (QED) is 0.579. The van der Waals surface area contributed by atoms with E-state index in [4.69, 9.17) is 21.1 Å². The van der Waals surface area contributed by atoms with Crippen LogP contribution in [-0.4, -0.2) is 38.7 Å². The fraction of sp³-hybridized carbons (Fsp3) is 0.500. The van der Waals surface area contributed by atoms with E-state index in [2.05, 4.69) is 10.2 Å². The number of hydrogen-bond donors (Lipinski definition) is 1. The van der Waals surface area contributed by atoms with Crippen molar-refractivity contribution in [2.24, 2.45) is 11.8 Å². The van der Waals surface area contributed by atoms with Gasteiger partial charge in [0.05, 0.1) is 7.11 Å². The second kappa shape index (κ2) is 10.5. The van der Waals surface area contributed by atoms with Crippen molar-refractivity contribution in [3.8, 4) is 11.5 Å². The van der Waals surface area contributed by atoms with Gasteiger partial charge in [-0.25, -0.2) is 9.18 Å². The molecule has 1 aliphatic carbocycles. The van der Waals surface area contributed by atoms with E-state index < -0.39 is 6.09 Å². The van der Waals surface area contributed by atoms with Crippen LogP contribution in [0.15, 0.2) is 29.6 Å². The molecule has 1 N–H and O–H groups in total. The first-order valence-corrected chi connectivity index (χ1v) is 11.3. The average Bonchev–Trinajstić information content (AvgIpc) is 3.06. The van der Waals surface area contributed by atoms with Gasteiger partial charge in [-0.1, -0.05) is 23.7 Å². The molecule has 1 aromatic carbocycles. The van der Waals surface area contributed by atoms with Crippen LogP contribution >= 0.6 is 22.9 Å². The fourth-order valence-corrected chi connectivity index (χ4v) is 5.28. The van der Waals surface area contributed by atoms with Gasteiger partial charge in [-0.2, -0.15) is 0 Å². The lowest BCUT2D eigenvalue weighted by Crippen LogP contribution is -2.35. The van der Waals surface area contributed by atoms with Crippen molar-refractivity contribution in [3.05, 3.63) is 45.4 Å². The molecule has 30 heavy (non-hydrogen) atoms. The van der Waals surface area contributed by atoms with Crippen molar-refractivity contribution < 1.29 is 18.7 Å². The van der Waals surface area contributed by atoms with E-state index in [0.29, 0.717) is 34.2 Å². The van der Waals surface area contributed by atoms with Gasteiger partial charge in [0.2, 0.25) is 0 Å². The van der Waals surface area contributed by atoms with E-state index in [-0.39, 0.29) is 11.9 Å². The van der Waals surface area contributed by atoms with E-state index in [0.717, 1.165) is 31.2 Å². The lowest BCUT2D eigenvalue weighted by atomic mass is 9.76. The molecule has 1 saturated carbocycles. The summed E-state index contributed by atoms with van der Waals surface area (Å²) in [7, 11) is 5.58. The van der Waals surface area contributed by atoms with Gasteiger partial charge in [0, 0.05) is 18.0 Å². The minimum absolute atomic E-state index is 0.190. The summed E-state index contributed by atoms with van der Waals surface area (Å²) in [6, 6.07) is 7.09. The standard InChI is InChI=1S/C22H28ClFN2O3S/c1-26(2)19(16-5-4-6-17(24)11-16)15-9-7-14(8-10-15)12-25-22(27)29-18-13-30-21(23)20(18)28-3/h4-6,11,13-15,19H,7-10,12H2,1-3H3,(H,25,27). The molecule has 0 aliphatic heterocycles. The molecule has 1 amide bonds. The molecule has 8 heteroatoms. The largest absolute Gasteiger partial charge is 0.491 e. The zero-order valence-electron chi connectivity index (χ0n) is 17.5. The molecular weight excluding hydrogens is 427 g/mol. The Morgan fingerprint density at radius 1 is 1.33 bits per heavy atom. The SMILES string of the molecule is COc1c(OC(=O)NCC2CCC(C(c3cccc(F)c3)N(C)C)CC2)csc1Cl. The van der Waals surface area contributed by atoms with Crippen LogP contribution in [0.2, 0.25) is 4.34 Å². The number of thiophene rings is 1. The van der Waals surface area contributed by atoms with Crippen LogP contribution in [0, 0.1) is 17.7 Å². The molecule has 2 aromatic rings. The van der Waals surface area contributed by atoms with Gasteiger partial charge >= 0.3 is 6.09 Å². The molecule has 0 saturated heterocycles. The zero-order chi connectivity index (χ0) is 21.7. The number of methoxy groups -OCH3 is 1. The molecule has 3 rings (SSSR count). The minimum Gasteiger partial charge on any atom is -0.491 e. The predicted molar refractivity (Wildman–Crippen MR) is 118 cm³/mol. The normalized spacial score (nSPS) is 20.1. The van der Waals surface area contributed by atoms with Crippen LogP contribution in [-0.2, 0) is 0 Å². The number of benzene rings is 1. The smallest absolute Gasteiger partial charge is 0.412 e. The van der Waals surface area contributed by atoms with Gasteiger partial charge < -0.3 is 19.7 Å². The first-order valence-electron chi connectivity index (χ1n) is 10.1. The molecule has 0 spiro atoms. The van der Waals surface area contributed by atoms with Crippen molar-refractivity contribution in [3.63, 3.8) is 0 Å². The third kappa shape index (κ3) is 5.65. The summed E-state index contributed by atoms with van der Waals surface area (Å²) >= 11 is 7.26. The summed E-state index contributed by atoms with van der Waals surface area (Å²) in [5, 5.41) is 4.50. The van der Waals surface area contributed by atoms with Crippen molar-refractivity contribution in [1.82, 2.24) is 10.2 Å². The molecule has 1 aliphatic rings. The van der Waals surface area contributed by atoms with Gasteiger partial charge in [0.1, 0.15) is 10.2 Å². The third-order valence-electron chi connectivity index (χ3n) is 5.70. The average molecular weight is 455 g/mol. The minimum atomic E-state index is -0.504. The van der Waals surface area contributed by atoms with Crippen LogP contribution < -0.4 is 14.8 Å². The number of carbonyl (C=O) groups excluding carboxylic acids is 1. The Bertz CT molecular complexity index is 853. The number of amides is 1. The third-order valence-corrected chi connectivity index (χ3v) is 6.86. The van der Waals surface area contributed by atoms with Gasteiger partial charge in [0.25, 0.3) is 0 Å². The topological polar surface area (TPSA) is 50.8 Å². The Balaban J connectivity index is 1.49. The van der Waals surface area contributed by atoms with E-state index in [9.17, 15) is 9.18 Å².